The standard InChI is InChI=1S/C54H98O10Si3/c1-23-24-25-44-45-30-27-40(58-45)34-41(62-65(17,18)51(6,7)8)28-31-46-49(56)48(61-54(15,16)60-46)33-36(2)32-38(4)42(55)35-47(64-67(21,22)53(12,13)14)37(3)26-29-43(39(5)50(57)59-44)63-66(19,20)52(9,10)11/h26,29,32,38-41,43-48H,3,23-25,27-28,30-31,33-35H2,1-2,4-22H3/b29-26+,36-32+/t38-,39-,40+,41-,43+,44+,45+,46-,47+,48-/m1/s1. The molecule has 0 amide bonds. The number of carbonyl (C=O) groups is 3. The zero-order valence-electron chi connectivity index (χ0n) is 46.4. The Labute approximate surface area is 412 Å². The van der Waals surface area contributed by atoms with Crippen LogP contribution in [0.5, 0.6) is 0 Å². The van der Waals surface area contributed by atoms with Gasteiger partial charge in [0, 0.05) is 24.9 Å². The lowest BCUT2D eigenvalue weighted by Gasteiger charge is -2.42. The first-order valence-corrected chi connectivity index (χ1v) is 34.5. The molecule has 13 heteroatoms. The minimum Gasteiger partial charge on any atom is -0.459 e. The Morgan fingerprint density at radius 3 is 1.88 bits per heavy atom. The molecule has 386 valence electrons. The Hall–Kier alpha value is -1.56. The lowest BCUT2D eigenvalue weighted by atomic mass is 9.92. The maximum absolute atomic E-state index is 14.5. The summed E-state index contributed by atoms with van der Waals surface area (Å²) in [5.74, 6) is -2.47. The second-order valence-corrected chi connectivity index (χ2v) is 39.7. The highest BCUT2D eigenvalue weighted by molar-refractivity contribution is 6.75. The van der Waals surface area contributed by atoms with Crippen molar-refractivity contribution < 1.29 is 46.6 Å². The molecule has 3 heterocycles. The minimum absolute atomic E-state index is 0.00832. The molecule has 0 spiro atoms. The van der Waals surface area contributed by atoms with Crippen molar-refractivity contribution in [1.29, 1.82) is 0 Å². The summed E-state index contributed by atoms with van der Waals surface area (Å²) in [6, 6.07) is 0. The molecule has 3 rings (SSSR count). The topological polar surface area (TPSA) is 116 Å². The number of ether oxygens (including phenoxy) is 4. The van der Waals surface area contributed by atoms with Crippen LogP contribution in [0, 0.1) is 11.8 Å². The SMILES string of the molecule is C=C1/C=C/[C@H](O[Si](C)(C)C(C)(C)C)[C@@H](C)C(=O)O[C@@H](CCCC)[C@@H]2CC[C@@H](C[C@H](O[Si](C)(C)C(C)(C)C)CC[C@H]3OC(C)(C)O[C@H](C/C(C)=C/[C@@H](C)C(=O)C[C@@H]1O[Si](C)(C)C(C)(C)C)C3=O)O2. The lowest BCUT2D eigenvalue weighted by molar-refractivity contribution is -0.280. The molecule has 0 aromatic rings. The highest BCUT2D eigenvalue weighted by Gasteiger charge is 2.46. The molecular formula is C54H98O10Si3. The van der Waals surface area contributed by atoms with Gasteiger partial charge in [-0.05, 0) is 133 Å². The highest BCUT2D eigenvalue weighted by Crippen LogP contribution is 2.42. The van der Waals surface area contributed by atoms with Crippen LogP contribution in [0.1, 0.15) is 168 Å². The quantitative estimate of drug-likeness (QED) is 0.126. The normalized spacial score (nSPS) is 32.5. The van der Waals surface area contributed by atoms with Crippen LogP contribution in [0.25, 0.3) is 0 Å². The van der Waals surface area contributed by atoms with Gasteiger partial charge in [0.25, 0.3) is 0 Å². The second-order valence-electron chi connectivity index (χ2n) is 25.4. The van der Waals surface area contributed by atoms with Gasteiger partial charge in [-0.15, -0.1) is 0 Å². The molecule has 0 saturated carbocycles. The molecule has 3 aliphatic heterocycles. The van der Waals surface area contributed by atoms with Crippen LogP contribution in [-0.2, 0) is 46.6 Å². The molecule has 3 aliphatic rings. The van der Waals surface area contributed by atoms with Crippen molar-refractivity contribution in [2.75, 3.05) is 0 Å². The van der Waals surface area contributed by atoms with E-state index in [1.807, 2.05) is 52.8 Å². The zero-order valence-corrected chi connectivity index (χ0v) is 49.4. The molecule has 10 atom stereocenters. The summed E-state index contributed by atoms with van der Waals surface area (Å²) in [5.41, 5.74) is 1.55. The Bertz CT molecular complexity index is 1750. The van der Waals surface area contributed by atoms with E-state index in [0.717, 1.165) is 31.3 Å². The summed E-state index contributed by atoms with van der Waals surface area (Å²) in [6.45, 7) is 49.3. The number of unbranched alkanes of at least 4 members (excludes halogenated alkanes) is 1. The van der Waals surface area contributed by atoms with Gasteiger partial charge < -0.3 is 32.2 Å². The van der Waals surface area contributed by atoms with Crippen molar-refractivity contribution in [2.45, 2.75) is 277 Å². The molecule has 2 saturated heterocycles. The molecule has 10 nitrogen and oxygen atoms in total. The van der Waals surface area contributed by atoms with Gasteiger partial charge in [-0.25, -0.2) is 0 Å². The van der Waals surface area contributed by atoms with E-state index >= 15 is 0 Å². The third-order valence-corrected chi connectivity index (χ3v) is 29.4. The molecule has 0 aliphatic carbocycles. The van der Waals surface area contributed by atoms with Crippen molar-refractivity contribution in [1.82, 2.24) is 0 Å². The first-order valence-electron chi connectivity index (χ1n) is 25.8. The largest absolute Gasteiger partial charge is 0.459 e. The summed E-state index contributed by atoms with van der Waals surface area (Å²) < 4.78 is 47.4. The van der Waals surface area contributed by atoms with E-state index in [4.69, 9.17) is 32.2 Å². The monoisotopic (exact) mass is 991 g/mol. The molecule has 0 aromatic carbocycles. The van der Waals surface area contributed by atoms with Gasteiger partial charge in [-0.3, -0.25) is 14.4 Å². The lowest BCUT2D eigenvalue weighted by Crippen LogP contribution is -2.52. The van der Waals surface area contributed by atoms with Gasteiger partial charge in [0.1, 0.15) is 24.1 Å². The summed E-state index contributed by atoms with van der Waals surface area (Å²) in [5, 5.41) is -0.261. The van der Waals surface area contributed by atoms with Crippen molar-refractivity contribution in [2.24, 2.45) is 11.8 Å². The van der Waals surface area contributed by atoms with Crippen LogP contribution in [0.2, 0.25) is 54.4 Å². The van der Waals surface area contributed by atoms with Crippen molar-refractivity contribution in [3.05, 3.63) is 36.0 Å². The van der Waals surface area contributed by atoms with E-state index in [0.29, 0.717) is 37.7 Å². The molecule has 2 fully saturated rings. The van der Waals surface area contributed by atoms with Crippen LogP contribution in [0.3, 0.4) is 0 Å². The average molecular weight is 992 g/mol. The summed E-state index contributed by atoms with van der Waals surface area (Å²) >= 11 is 0. The molecular weight excluding hydrogens is 893 g/mol. The minimum atomic E-state index is -2.41. The fourth-order valence-electron chi connectivity index (χ4n) is 8.31. The van der Waals surface area contributed by atoms with Crippen LogP contribution in [0.15, 0.2) is 36.0 Å². The van der Waals surface area contributed by atoms with E-state index in [2.05, 4.69) is 115 Å². The number of esters is 1. The van der Waals surface area contributed by atoms with Gasteiger partial charge in [-0.2, -0.15) is 0 Å². The van der Waals surface area contributed by atoms with E-state index in [1.54, 1.807) is 0 Å². The van der Waals surface area contributed by atoms with Crippen LogP contribution in [-0.4, -0.2) is 97.1 Å². The first-order chi connectivity index (χ1) is 30.4. The molecule has 0 N–H and O–H groups in total. The maximum atomic E-state index is 14.5. The average Bonchev–Trinajstić information content (AvgIpc) is 3.63. The Kier molecular flexibility index (Phi) is 20.8. The predicted octanol–water partition coefficient (Wildman–Crippen LogP) is 13.8. The molecule has 0 unspecified atom stereocenters. The van der Waals surface area contributed by atoms with E-state index in [1.165, 1.54) is 0 Å². The molecule has 0 radical (unpaired) electrons. The van der Waals surface area contributed by atoms with Gasteiger partial charge >= 0.3 is 5.97 Å². The Balaban J connectivity index is 2.17. The predicted molar refractivity (Wildman–Crippen MR) is 281 cm³/mol. The number of carbonyl (C=O) groups excluding carboxylic acids is 3. The number of cyclic esters (lactones) is 1. The number of fused-ring (bicyclic) bond motifs is 4. The van der Waals surface area contributed by atoms with Crippen molar-refractivity contribution >= 4 is 42.5 Å². The van der Waals surface area contributed by atoms with Gasteiger partial charge in [0.2, 0.25) is 0 Å². The Morgan fingerprint density at radius 1 is 0.761 bits per heavy atom. The first kappa shape index (κ1) is 59.7. The van der Waals surface area contributed by atoms with Gasteiger partial charge in [0.15, 0.2) is 36.5 Å². The number of hydrogen-bond acceptors (Lipinski definition) is 10. The van der Waals surface area contributed by atoms with E-state index in [-0.39, 0.29) is 57.4 Å². The highest BCUT2D eigenvalue weighted by atomic mass is 28.4. The molecule has 0 aromatic heterocycles. The number of ketones is 2. The summed E-state index contributed by atoms with van der Waals surface area (Å²) in [4.78, 5) is 43.1. The van der Waals surface area contributed by atoms with E-state index in [9.17, 15) is 14.4 Å². The summed E-state index contributed by atoms with van der Waals surface area (Å²) in [6.07, 6.45) is 8.71. The number of Topliss-reactive ketones (excluding diaryl/α,β-unsaturated/α-hetero) is 2. The van der Waals surface area contributed by atoms with Crippen LogP contribution in [0.4, 0.5) is 0 Å². The number of hydrogen-bond donors (Lipinski definition) is 0. The number of rotatable bonds is 9. The summed E-state index contributed by atoms with van der Waals surface area (Å²) in [7, 11) is -7.05. The van der Waals surface area contributed by atoms with Crippen molar-refractivity contribution in [3.8, 4) is 0 Å². The van der Waals surface area contributed by atoms with Crippen molar-refractivity contribution in [3.63, 3.8) is 0 Å². The maximum Gasteiger partial charge on any atom is 0.311 e. The van der Waals surface area contributed by atoms with Gasteiger partial charge in [0.05, 0.1) is 30.3 Å². The zero-order chi connectivity index (χ0) is 51.3. The smallest absolute Gasteiger partial charge is 0.311 e. The fraction of sp³-hybridized carbons (Fsp3) is 0.833. The third-order valence-electron chi connectivity index (χ3n) is 15.9. The third kappa shape index (κ3) is 17.0. The fourth-order valence-corrected chi connectivity index (χ4v) is 12.3. The van der Waals surface area contributed by atoms with Crippen LogP contribution < -0.4 is 0 Å². The van der Waals surface area contributed by atoms with E-state index < -0.39 is 73.1 Å². The molecule has 67 heavy (non-hydrogen) atoms. The van der Waals surface area contributed by atoms with Crippen LogP contribution >= 0.6 is 0 Å². The van der Waals surface area contributed by atoms with Gasteiger partial charge in [-0.1, -0.05) is 113 Å². The Morgan fingerprint density at radius 2 is 1.31 bits per heavy atom. The number of allylic oxidation sites excluding steroid dienone is 1. The second kappa shape index (κ2) is 23.3. The molecule has 4 bridgehead atoms.